The minimum absolute atomic E-state index is 0. The number of hydrogen-bond acceptors (Lipinski definition) is 15. The summed E-state index contributed by atoms with van der Waals surface area (Å²) in [5, 5.41) is 45.5. The number of carboxylic acid groups (broad SMARTS) is 1. The number of ketones is 5. The molecule has 9 atom stereocenters. The van der Waals surface area contributed by atoms with Crippen molar-refractivity contribution < 1.29 is 68.3 Å². The second-order valence-electron chi connectivity index (χ2n) is 30.3. The molecule has 0 fully saturated rings. The normalized spacial score (nSPS) is 14.2. The number of unbranched alkanes of at least 4 members (excludes halogenated alkanes) is 3. The smallest absolute Gasteiger partial charge is 0.408 e. The number of rotatable bonds is 33. The summed E-state index contributed by atoms with van der Waals surface area (Å²) in [7, 11) is 0. The standard InChI is InChI=1S/C27H43NO5.C22H35NO3.C15H23NO2.C11H21NO4.3ClH/c1-8-9-15-21(28-25(32)33-27(5,6)7)22(29)17-20(16-19-13-11-10-12-14-19)24(31)23(30)18-26(2,3)4;1-5-6-12-18(23)19(24)14-17(13-16-10-8-7-9-11-16)21(26)20(25)15-22(2,3)4;1-15(2,3)10-13(17)14(18)12(16)9-11-7-5-4-6-8-11;1-5-6-7-8(9(13)14)12-10(15)16-11(2,3)4;;;/h10-14,20-21,24,31H,8-9,15-18H2,1-7H3,(H,28,32);7-11,17-18,21,26H,5-6,12-15,23H2,1-4H3;4-8,12,14,18H,9-10,16H2,1-3H3;8H,5-7H2,1-4H3,(H,12,15)(H,13,14);3*1H/t20?,21-,24?;17?,18-,21?;12-,14?;8-;;;/m0000.../s1. The van der Waals surface area contributed by atoms with Gasteiger partial charge in [0.05, 0.1) is 12.1 Å². The lowest BCUT2D eigenvalue weighted by atomic mass is 9.81. The molecule has 3 rings (SSSR count). The van der Waals surface area contributed by atoms with Crippen molar-refractivity contribution in [1.82, 2.24) is 10.6 Å². The summed E-state index contributed by atoms with van der Waals surface area (Å²) in [5.41, 5.74) is 13.0. The van der Waals surface area contributed by atoms with Crippen molar-refractivity contribution in [2.45, 2.75) is 287 Å². The molecule has 0 bridgehead atoms. The van der Waals surface area contributed by atoms with E-state index in [0.29, 0.717) is 44.9 Å². The number of ether oxygens (including phenoxy) is 2. The van der Waals surface area contributed by atoms with Gasteiger partial charge >= 0.3 is 18.2 Å². The molecule has 3 aromatic rings. The fraction of sp³-hybridized carbons (Fsp3) is 0.653. The van der Waals surface area contributed by atoms with Gasteiger partial charge in [-0.3, -0.25) is 24.0 Å². The molecule has 2 amide bonds. The van der Waals surface area contributed by atoms with E-state index in [1.54, 1.807) is 41.5 Å². The monoisotopic (exact) mass is 1410 g/mol. The fourth-order valence-electron chi connectivity index (χ4n) is 9.75. The number of hydrogen-bond donors (Lipinski definition) is 8. The van der Waals surface area contributed by atoms with Crippen LogP contribution in [-0.2, 0) is 57.5 Å². The van der Waals surface area contributed by atoms with E-state index in [9.17, 15) is 53.7 Å². The van der Waals surface area contributed by atoms with Gasteiger partial charge in [-0.15, -0.1) is 37.2 Å². The zero-order valence-corrected chi connectivity index (χ0v) is 63.6. The van der Waals surface area contributed by atoms with E-state index in [1.165, 1.54) is 0 Å². The summed E-state index contributed by atoms with van der Waals surface area (Å²) >= 11 is 0. The predicted octanol–water partition coefficient (Wildman–Crippen LogP) is 14.3. The maximum Gasteiger partial charge on any atom is 0.408 e. The third-order valence-corrected chi connectivity index (χ3v) is 14.4. The van der Waals surface area contributed by atoms with Gasteiger partial charge in [-0.2, -0.15) is 0 Å². The van der Waals surface area contributed by atoms with Crippen LogP contribution >= 0.6 is 37.2 Å². The van der Waals surface area contributed by atoms with Crippen LogP contribution in [0.4, 0.5) is 9.59 Å². The lowest BCUT2D eigenvalue weighted by Crippen LogP contribution is -2.45. The topological polar surface area (TPSA) is 312 Å². The molecule has 0 aromatic heterocycles. The summed E-state index contributed by atoms with van der Waals surface area (Å²) in [4.78, 5) is 97.5. The molecule has 0 aliphatic carbocycles. The molecule has 550 valence electrons. The second kappa shape index (κ2) is 48.4. The molecule has 21 heteroatoms. The number of Topliss-reactive ketones (excluding diaryl/α,β-unsaturated/α-hetero) is 5. The Labute approximate surface area is 594 Å². The average Bonchev–Trinajstić information content (AvgIpc) is 0.873. The Morgan fingerprint density at radius 3 is 1.02 bits per heavy atom. The summed E-state index contributed by atoms with van der Waals surface area (Å²) in [5.74, 6) is -2.94. The number of carbonyl (C=O) groups excluding carboxylic acids is 7. The summed E-state index contributed by atoms with van der Waals surface area (Å²) in [6.07, 6.45) is 4.33. The van der Waals surface area contributed by atoms with E-state index in [0.717, 1.165) is 55.2 Å². The van der Waals surface area contributed by atoms with E-state index in [1.807, 2.05) is 167 Å². The minimum Gasteiger partial charge on any atom is -0.480 e. The van der Waals surface area contributed by atoms with Gasteiger partial charge in [0.15, 0.2) is 23.1 Å². The molecule has 3 aromatic carbocycles. The van der Waals surface area contributed by atoms with Crippen molar-refractivity contribution in [3.05, 3.63) is 108 Å². The number of carbonyl (C=O) groups is 8. The first-order valence-corrected chi connectivity index (χ1v) is 33.4. The SMILES string of the molecule is CC(C)(C)CC(=O)C(O)[C@@H](N)Cc1ccccc1.CCCC[C@H](N)C(=O)CC(Cc1ccccc1)C(O)C(=O)CC(C)(C)C.CCCC[C@H](NC(=O)OC(C)(C)C)C(=O)CC(Cc1ccccc1)C(O)C(=O)CC(C)(C)C.CCCC[C@H](NC(=O)OC(C)(C)C)C(=O)O.Cl.Cl.Cl. The fourth-order valence-corrected chi connectivity index (χ4v) is 9.75. The number of amides is 2. The molecule has 0 spiro atoms. The number of aliphatic hydroxyl groups is 3. The Kier molecular flexibility index (Phi) is 49.0. The second-order valence-corrected chi connectivity index (χ2v) is 30.3. The molecule has 10 N–H and O–H groups in total. The van der Waals surface area contributed by atoms with Crippen LogP contribution in [0.15, 0.2) is 91.0 Å². The van der Waals surface area contributed by atoms with Crippen molar-refractivity contribution in [1.29, 1.82) is 0 Å². The van der Waals surface area contributed by atoms with Gasteiger partial charge < -0.3 is 52.0 Å². The highest BCUT2D eigenvalue weighted by Crippen LogP contribution is 2.28. The van der Waals surface area contributed by atoms with E-state index in [4.69, 9.17) is 26.0 Å². The van der Waals surface area contributed by atoms with Crippen molar-refractivity contribution in [2.75, 3.05) is 0 Å². The number of carboxylic acids is 1. The quantitative estimate of drug-likeness (QED) is 0.0281. The first-order chi connectivity index (χ1) is 42.9. The third-order valence-electron chi connectivity index (χ3n) is 14.4. The van der Waals surface area contributed by atoms with Gasteiger partial charge in [0, 0.05) is 50.0 Å². The molecule has 0 saturated heterocycles. The number of nitrogens with two attached hydrogens (primary N) is 2. The van der Waals surface area contributed by atoms with E-state index < -0.39 is 83.7 Å². The zero-order valence-electron chi connectivity index (χ0n) is 61.1. The Hall–Kier alpha value is -5.31. The maximum atomic E-state index is 13.3. The molecule has 18 nitrogen and oxygen atoms in total. The highest BCUT2D eigenvalue weighted by molar-refractivity contribution is 5.90. The number of aliphatic carboxylic acids is 1. The summed E-state index contributed by atoms with van der Waals surface area (Å²) in [6, 6.07) is 26.2. The largest absolute Gasteiger partial charge is 0.480 e. The number of aliphatic hydroxyl groups excluding tert-OH is 3. The average molecular weight is 1410 g/mol. The van der Waals surface area contributed by atoms with Gasteiger partial charge in [-0.25, -0.2) is 14.4 Å². The van der Waals surface area contributed by atoms with Crippen molar-refractivity contribution in [2.24, 2.45) is 39.5 Å². The molecular formula is C75H125Cl3N4O14. The Morgan fingerprint density at radius 2 is 0.708 bits per heavy atom. The summed E-state index contributed by atoms with van der Waals surface area (Å²) < 4.78 is 10.3. The van der Waals surface area contributed by atoms with Crippen molar-refractivity contribution in [3.8, 4) is 0 Å². The van der Waals surface area contributed by atoms with Gasteiger partial charge in [0.2, 0.25) is 0 Å². The van der Waals surface area contributed by atoms with E-state index in [-0.39, 0.29) is 108 Å². The first kappa shape index (κ1) is 97.1. The predicted molar refractivity (Wildman–Crippen MR) is 392 cm³/mol. The lowest BCUT2D eigenvalue weighted by molar-refractivity contribution is -0.140. The van der Waals surface area contributed by atoms with Crippen LogP contribution in [0.2, 0.25) is 0 Å². The highest BCUT2D eigenvalue weighted by Gasteiger charge is 2.35. The molecule has 0 heterocycles. The molecule has 96 heavy (non-hydrogen) atoms. The first-order valence-electron chi connectivity index (χ1n) is 33.4. The molecule has 0 aliphatic heterocycles. The molecular weight excluding hydrogens is 1290 g/mol. The van der Waals surface area contributed by atoms with Crippen LogP contribution < -0.4 is 22.1 Å². The number of benzene rings is 3. The molecule has 0 radical (unpaired) electrons. The van der Waals surface area contributed by atoms with E-state index >= 15 is 0 Å². The lowest BCUT2D eigenvalue weighted by Gasteiger charge is -2.27. The number of nitrogens with one attached hydrogen (secondary N) is 2. The van der Waals surface area contributed by atoms with Crippen molar-refractivity contribution in [3.63, 3.8) is 0 Å². The van der Waals surface area contributed by atoms with E-state index in [2.05, 4.69) is 17.6 Å². The van der Waals surface area contributed by atoms with Crippen LogP contribution in [0.1, 0.15) is 231 Å². The van der Waals surface area contributed by atoms with Gasteiger partial charge in [0.1, 0.15) is 41.3 Å². The molecule has 0 saturated carbocycles. The van der Waals surface area contributed by atoms with Crippen LogP contribution in [0.5, 0.6) is 0 Å². The van der Waals surface area contributed by atoms with Gasteiger partial charge in [-0.05, 0) is 113 Å². The van der Waals surface area contributed by atoms with Crippen LogP contribution in [-0.4, -0.2) is 121 Å². The zero-order chi connectivity index (χ0) is 71.5. The Morgan fingerprint density at radius 1 is 0.417 bits per heavy atom. The van der Waals surface area contributed by atoms with Crippen molar-refractivity contribution >= 4 is 84.3 Å². The Balaban J connectivity index is -0.000000604. The Bertz CT molecular complexity index is 2670. The highest BCUT2D eigenvalue weighted by atomic mass is 35.5. The van der Waals surface area contributed by atoms with Crippen LogP contribution in [0.3, 0.4) is 0 Å². The molecule has 0 aliphatic rings. The molecule has 5 unspecified atom stereocenters. The number of alkyl carbamates (subject to hydrolysis) is 2. The summed E-state index contributed by atoms with van der Waals surface area (Å²) in [6.45, 7) is 34.2. The minimum atomic E-state index is -1.25. The van der Waals surface area contributed by atoms with Crippen LogP contribution in [0.25, 0.3) is 0 Å². The van der Waals surface area contributed by atoms with Gasteiger partial charge in [-0.1, -0.05) is 213 Å². The van der Waals surface area contributed by atoms with Gasteiger partial charge in [0.25, 0.3) is 0 Å². The van der Waals surface area contributed by atoms with Crippen LogP contribution in [0, 0.1) is 28.1 Å². The third kappa shape index (κ3) is 47.6. The number of halogens is 3. The maximum absolute atomic E-state index is 13.3.